The third kappa shape index (κ3) is 6.44. The van der Waals surface area contributed by atoms with Crippen LogP contribution in [0, 0.1) is 6.92 Å². The fourth-order valence-electron chi connectivity index (χ4n) is 1.93. The Morgan fingerprint density at radius 3 is 2.22 bits per heavy atom. The highest BCUT2D eigenvalue weighted by molar-refractivity contribution is 5.21. The molecule has 0 fully saturated rings. The Balaban J connectivity index is 2.31. The summed E-state index contributed by atoms with van der Waals surface area (Å²) in [7, 11) is 0. The highest BCUT2D eigenvalue weighted by Crippen LogP contribution is 2.10. The molecule has 0 aromatic heterocycles. The average molecular weight is 242 g/mol. The van der Waals surface area contributed by atoms with Crippen LogP contribution in [0.2, 0.25) is 0 Å². The first-order chi connectivity index (χ1) is 8.58. The minimum Gasteiger partial charge on any atom is -0.0856 e. The van der Waals surface area contributed by atoms with Crippen molar-refractivity contribution in [2.45, 2.75) is 53.4 Å². The minimum atomic E-state index is 1.15. The monoisotopic (exact) mass is 242 g/mol. The average Bonchev–Trinajstić information content (AvgIpc) is 2.31. The molecule has 1 rings (SSSR count). The third-order valence-electron chi connectivity index (χ3n) is 3.14. The Morgan fingerprint density at radius 2 is 1.61 bits per heavy atom. The zero-order chi connectivity index (χ0) is 13.4. The molecular weight excluding hydrogens is 216 g/mol. The summed E-state index contributed by atoms with van der Waals surface area (Å²) < 4.78 is 0. The van der Waals surface area contributed by atoms with Gasteiger partial charge in [-0.3, -0.25) is 0 Å². The molecule has 0 amide bonds. The summed E-state index contributed by atoms with van der Waals surface area (Å²) in [4.78, 5) is 0. The normalized spacial score (nSPS) is 11.4. The smallest absolute Gasteiger partial charge is 0.0244 e. The van der Waals surface area contributed by atoms with Crippen molar-refractivity contribution in [3.05, 3.63) is 58.7 Å². The van der Waals surface area contributed by atoms with E-state index in [0.29, 0.717) is 0 Å². The van der Waals surface area contributed by atoms with Gasteiger partial charge in [0.15, 0.2) is 0 Å². The van der Waals surface area contributed by atoms with Gasteiger partial charge in [0.05, 0.1) is 0 Å². The van der Waals surface area contributed by atoms with E-state index in [1.807, 2.05) is 0 Å². The van der Waals surface area contributed by atoms with E-state index >= 15 is 0 Å². The molecular formula is C18H26. The van der Waals surface area contributed by atoms with Gasteiger partial charge >= 0.3 is 0 Å². The molecule has 0 bridgehead atoms. The molecule has 0 saturated carbocycles. The summed E-state index contributed by atoms with van der Waals surface area (Å²) in [6.07, 6.45) is 9.38. The molecule has 0 radical (unpaired) electrons. The molecule has 0 unspecified atom stereocenters. The molecule has 0 spiro atoms. The molecule has 0 saturated heterocycles. The fraction of sp³-hybridized carbons (Fsp3) is 0.444. The molecule has 1 aromatic carbocycles. The molecule has 0 aliphatic carbocycles. The van der Waals surface area contributed by atoms with Crippen molar-refractivity contribution in [2.75, 3.05) is 0 Å². The van der Waals surface area contributed by atoms with E-state index < -0.39 is 0 Å². The zero-order valence-electron chi connectivity index (χ0n) is 12.3. The van der Waals surface area contributed by atoms with E-state index in [9.17, 15) is 0 Å². The van der Waals surface area contributed by atoms with E-state index in [-0.39, 0.29) is 0 Å². The molecule has 0 aliphatic rings. The van der Waals surface area contributed by atoms with Gasteiger partial charge in [-0.05, 0) is 58.9 Å². The summed E-state index contributed by atoms with van der Waals surface area (Å²) in [5, 5.41) is 0. The van der Waals surface area contributed by atoms with E-state index in [1.165, 1.54) is 35.1 Å². The Morgan fingerprint density at radius 1 is 0.944 bits per heavy atom. The molecule has 98 valence electrons. The summed E-state index contributed by atoms with van der Waals surface area (Å²) in [6, 6.07) is 8.87. The Bertz CT molecular complexity index is 400. The first-order valence-corrected chi connectivity index (χ1v) is 6.92. The number of hydrogen-bond acceptors (Lipinski definition) is 0. The SMILES string of the molecule is CC(C)=CCCC(C)=CCCc1ccc(C)cc1. The van der Waals surface area contributed by atoms with Gasteiger partial charge in [-0.15, -0.1) is 0 Å². The predicted molar refractivity (Wildman–Crippen MR) is 81.9 cm³/mol. The van der Waals surface area contributed by atoms with Crippen molar-refractivity contribution in [1.29, 1.82) is 0 Å². The topological polar surface area (TPSA) is 0 Å². The number of allylic oxidation sites excluding steroid dienone is 4. The number of rotatable bonds is 6. The van der Waals surface area contributed by atoms with Crippen LogP contribution in [0.1, 0.15) is 51.2 Å². The molecule has 18 heavy (non-hydrogen) atoms. The summed E-state index contributed by atoms with van der Waals surface area (Å²) in [5.74, 6) is 0. The summed E-state index contributed by atoms with van der Waals surface area (Å²) in [5.41, 5.74) is 5.71. The highest BCUT2D eigenvalue weighted by atomic mass is 14.0. The molecule has 0 nitrogen and oxygen atoms in total. The largest absolute Gasteiger partial charge is 0.0856 e. The Labute approximate surface area is 112 Å². The lowest BCUT2D eigenvalue weighted by Gasteiger charge is -2.01. The maximum atomic E-state index is 2.39. The molecule has 0 atom stereocenters. The molecule has 0 N–H and O–H groups in total. The van der Waals surface area contributed by atoms with Crippen molar-refractivity contribution >= 4 is 0 Å². The second-order valence-corrected chi connectivity index (χ2v) is 5.39. The predicted octanol–water partition coefficient (Wildman–Crippen LogP) is 5.62. The van der Waals surface area contributed by atoms with Crippen molar-refractivity contribution in [3.63, 3.8) is 0 Å². The van der Waals surface area contributed by atoms with Gasteiger partial charge in [-0.25, -0.2) is 0 Å². The number of aryl methyl sites for hydroxylation is 2. The first kappa shape index (κ1) is 14.8. The van der Waals surface area contributed by atoms with Gasteiger partial charge in [0.2, 0.25) is 0 Å². The Kier molecular flexibility index (Phi) is 6.49. The molecule has 0 aliphatic heterocycles. The standard InChI is InChI=1S/C18H26/c1-15(2)7-5-8-16(3)9-6-10-18-13-11-17(4)12-14-18/h7,9,11-14H,5-6,8,10H2,1-4H3. The highest BCUT2D eigenvalue weighted by Gasteiger charge is 1.93. The summed E-state index contributed by atoms with van der Waals surface area (Å²) in [6.45, 7) is 8.71. The van der Waals surface area contributed by atoms with Crippen molar-refractivity contribution in [3.8, 4) is 0 Å². The van der Waals surface area contributed by atoms with Gasteiger partial charge in [0.1, 0.15) is 0 Å². The van der Waals surface area contributed by atoms with Crippen molar-refractivity contribution < 1.29 is 0 Å². The zero-order valence-corrected chi connectivity index (χ0v) is 12.3. The van der Waals surface area contributed by atoms with Crippen molar-refractivity contribution in [2.24, 2.45) is 0 Å². The van der Waals surface area contributed by atoms with Gasteiger partial charge in [-0.1, -0.05) is 53.1 Å². The van der Waals surface area contributed by atoms with Gasteiger partial charge < -0.3 is 0 Å². The van der Waals surface area contributed by atoms with Crippen LogP contribution in [-0.4, -0.2) is 0 Å². The maximum Gasteiger partial charge on any atom is -0.0244 e. The Hall–Kier alpha value is -1.30. The quantitative estimate of drug-likeness (QED) is 0.568. The second-order valence-electron chi connectivity index (χ2n) is 5.39. The molecule has 0 heteroatoms. The number of benzene rings is 1. The van der Waals surface area contributed by atoms with Gasteiger partial charge in [-0.2, -0.15) is 0 Å². The minimum absolute atomic E-state index is 1.15. The summed E-state index contributed by atoms with van der Waals surface area (Å²) >= 11 is 0. The fourth-order valence-corrected chi connectivity index (χ4v) is 1.93. The van der Waals surface area contributed by atoms with Crippen LogP contribution in [0.3, 0.4) is 0 Å². The second kappa shape index (κ2) is 7.92. The molecule has 1 aromatic rings. The van der Waals surface area contributed by atoms with E-state index in [4.69, 9.17) is 0 Å². The van der Waals surface area contributed by atoms with Gasteiger partial charge in [0.25, 0.3) is 0 Å². The lowest BCUT2D eigenvalue weighted by molar-refractivity contribution is 0.925. The van der Waals surface area contributed by atoms with E-state index in [1.54, 1.807) is 0 Å². The lowest BCUT2D eigenvalue weighted by atomic mass is 10.0. The van der Waals surface area contributed by atoms with Crippen LogP contribution in [0.4, 0.5) is 0 Å². The van der Waals surface area contributed by atoms with Crippen LogP contribution in [0.15, 0.2) is 47.6 Å². The van der Waals surface area contributed by atoms with Crippen LogP contribution >= 0.6 is 0 Å². The van der Waals surface area contributed by atoms with Gasteiger partial charge in [0, 0.05) is 0 Å². The van der Waals surface area contributed by atoms with Crippen LogP contribution in [0.25, 0.3) is 0 Å². The maximum absolute atomic E-state index is 2.39. The van der Waals surface area contributed by atoms with Crippen LogP contribution in [-0.2, 0) is 6.42 Å². The molecule has 0 heterocycles. The first-order valence-electron chi connectivity index (χ1n) is 6.92. The van der Waals surface area contributed by atoms with Crippen LogP contribution in [0.5, 0.6) is 0 Å². The van der Waals surface area contributed by atoms with Crippen molar-refractivity contribution in [1.82, 2.24) is 0 Å². The van der Waals surface area contributed by atoms with E-state index in [0.717, 1.165) is 12.8 Å². The van der Waals surface area contributed by atoms with E-state index in [2.05, 4.69) is 64.1 Å². The lowest BCUT2D eigenvalue weighted by Crippen LogP contribution is -1.85. The van der Waals surface area contributed by atoms with Crippen LogP contribution < -0.4 is 0 Å². The third-order valence-corrected chi connectivity index (χ3v) is 3.14. The number of hydrogen-bond donors (Lipinski definition) is 0.